The van der Waals surface area contributed by atoms with Crippen molar-refractivity contribution in [3.05, 3.63) is 58.2 Å². The van der Waals surface area contributed by atoms with Gasteiger partial charge in [-0.1, -0.05) is 24.6 Å². The molecule has 2 aliphatic carbocycles. The monoisotopic (exact) mass is 510 g/mol. The Morgan fingerprint density at radius 2 is 1.75 bits per heavy atom. The molecule has 28 heavy (non-hydrogen) atoms. The van der Waals surface area contributed by atoms with Gasteiger partial charge >= 0.3 is 0 Å². The maximum atomic E-state index is 13.3. The third-order valence-electron chi connectivity index (χ3n) is 5.82. The van der Waals surface area contributed by atoms with Crippen molar-refractivity contribution >= 4 is 44.2 Å². The largest absolute Gasteiger partial charge is 0.352 e. The lowest BCUT2D eigenvalue weighted by atomic mass is 9.95. The number of hydrogen-bond acceptors (Lipinski definition) is 3. The van der Waals surface area contributed by atoms with Gasteiger partial charge in [0.05, 0.1) is 10.6 Å². The molecule has 1 amide bonds. The van der Waals surface area contributed by atoms with Crippen LogP contribution in [0.25, 0.3) is 0 Å². The van der Waals surface area contributed by atoms with Crippen LogP contribution in [0, 0.1) is 15.4 Å². The highest BCUT2D eigenvalue weighted by Crippen LogP contribution is 2.44. The van der Waals surface area contributed by atoms with Crippen LogP contribution in [-0.2, 0) is 14.8 Å². The Balaban J connectivity index is 1.58. The Hall–Kier alpha value is -1.61. The van der Waals surface area contributed by atoms with Crippen molar-refractivity contribution in [3.8, 4) is 0 Å². The van der Waals surface area contributed by atoms with E-state index >= 15 is 0 Å². The highest BCUT2D eigenvalue weighted by molar-refractivity contribution is 14.1. The van der Waals surface area contributed by atoms with Crippen LogP contribution in [0.5, 0.6) is 0 Å². The number of fused-ring (bicyclic) bond motifs is 2. The van der Waals surface area contributed by atoms with E-state index in [9.17, 15) is 13.2 Å². The first-order chi connectivity index (χ1) is 13.4. The van der Waals surface area contributed by atoms with E-state index in [0.717, 1.165) is 15.9 Å². The van der Waals surface area contributed by atoms with Crippen LogP contribution in [0.2, 0.25) is 0 Å². The molecule has 4 rings (SSSR count). The molecule has 3 atom stereocenters. The van der Waals surface area contributed by atoms with E-state index in [4.69, 9.17) is 0 Å². The van der Waals surface area contributed by atoms with Gasteiger partial charge in [-0.2, -0.15) is 0 Å². The minimum absolute atomic E-state index is 0.182. The lowest BCUT2D eigenvalue weighted by Crippen LogP contribution is -2.46. The summed E-state index contributed by atoms with van der Waals surface area (Å²) in [4.78, 5) is 13.0. The van der Waals surface area contributed by atoms with Gasteiger partial charge in [0.2, 0.25) is 5.91 Å². The molecule has 2 aromatic rings. The molecule has 5 nitrogen and oxygen atoms in total. The zero-order chi connectivity index (χ0) is 19.7. The van der Waals surface area contributed by atoms with Crippen molar-refractivity contribution in [2.75, 3.05) is 10.8 Å². The Morgan fingerprint density at radius 1 is 1.04 bits per heavy atom. The molecule has 2 aliphatic rings. The first-order valence-electron chi connectivity index (χ1n) is 9.56. The van der Waals surface area contributed by atoms with E-state index in [1.54, 1.807) is 42.5 Å². The molecule has 0 aromatic heterocycles. The normalized spacial score (nSPS) is 23.5. The van der Waals surface area contributed by atoms with Gasteiger partial charge in [0, 0.05) is 9.61 Å². The number of benzene rings is 2. The summed E-state index contributed by atoms with van der Waals surface area (Å²) in [6.45, 7) is -0.217. The fourth-order valence-corrected chi connectivity index (χ4v) is 6.25. The summed E-state index contributed by atoms with van der Waals surface area (Å²) in [5, 5.41) is 3.10. The number of amides is 1. The molecule has 7 heteroatoms. The molecule has 2 saturated carbocycles. The Kier molecular flexibility index (Phi) is 5.64. The first kappa shape index (κ1) is 19.7. The van der Waals surface area contributed by atoms with Gasteiger partial charge in [-0.15, -0.1) is 0 Å². The summed E-state index contributed by atoms with van der Waals surface area (Å²) in [6.07, 6.45) is 4.63. The zero-order valence-electron chi connectivity index (χ0n) is 15.4. The number of rotatable bonds is 6. The molecule has 0 saturated heterocycles. The second kappa shape index (κ2) is 8.02. The van der Waals surface area contributed by atoms with E-state index < -0.39 is 10.0 Å². The maximum absolute atomic E-state index is 13.3. The van der Waals surface area contributed by atoms with Crippen molar-refractivity contribution in [1.82, 2.24) is 5.32 Å². The molecular weight excluding hydrogens is 487 g/mol. The quantitative estimate of drug-likeness (QED) is 0.602. The van der Waals surface area contributed by atoms with Crippen LogP contribution < -0.4 is 9.62 Å². The molecule has 0 aliphatic heterocycles. The van der Waals surface area contributed by atoms with E-state index in [2.05, 4.69) is 27.9 Å². The van der Waals surface area contributed by atoms with Crippen molar-refractivity contribution in [1.29, 1.82) is 0 Å². The van der Waals surface area contributed by atoms with Gasteiger partial charge in [-0.25, -0.2) is 8.42 Å². The SMILES string of the molecule is O=C(CN(c1ccc(I)cc1)S(=O)(=O)c1ccccc1)N[C@@H]1C[C@H]2CC[C@H]1C2. The smallest absolute Gasteiger partial charge is 0.264 e. The fraction of sp³-hybridized carbons (Fsp3) is 0.381. The van der Waals surface area contributed by atoms with E-state index in [1.165, 1.54) is 23.6 Å². The Bertz CT molecular complexity index is 947. The van der Waals surface area contributed by atoms with Crippen LogP contribution in [0.15, 0.2) is 59.5 Å². The summed E-state index contributed by atoms with van der Waals surface area (Å²) in [5.41, 5.74) is 0.493. The van der Waals surface area contributed by atoms with Gasteiger partial charge in [0.15, 0.2) is 0 Å². The Morgan fingerprint density at radius 3 is 2.36 bits per heavy atom. The van der Waals surface area contributed by atoms with E-state index in [0.29, 0.717) is 11.6 Å². The second-order valence-electron chi connectivity index (χ2n) is 7.65. The predicted octanol–water partition coefficient (Wildman–Crippen LogP) is 3.79. The molecule has 148 valence electrons. The number of hydrogen-bond donors (Lipinski definition) is 1. The lowest BCUT2D eigenvalue weighted by Gasteiger charge is -2.27. The van der Waals surface area contributed by atoms with Crippen LogP contribution in [0.3, 0.4) is 0 Å². The number of carbonyl (C=O) groups excluding carboxylic acids is 1. The summed E-state index contributed by atoms with van der Waals surface area (Å²) in [6, 6.07) is 15.6. The van der Waals surface area contributed by atoms with Gasteiger partial charge < -0.3 is 5.32 Å². The molecule has 0 heterocycles. The number of sulfonamides is 1. The van der Waals surface area contributed by atoms with E-state index in [1.807, 2.05) is 12.1 Å². The minimum Gasteiger partial charge on any atom is -0.352 e. The fourth-order valence-electron chi connectivity index (χ4n) is 4.45. The number of anilines is 1. The number of nitrogens with zero attached hydrogens (tertiary/aromatic N) is 1. The zero-order valence-corrected chi connectivity index (χ0v) is 18.4. The Labute approximate surface area is 179 Å². The van der Waals surface area contributed by atoms with Crippen LogP contribution >= 0.6 is 22.6 Å². The summed E-state index contributed by atoms with van der Waals surface area (Å²) >= 11 is 2.17. The molecule has 0 radical (unpaired) electrons. The molecule has 2 bridgehead atoms. The van der Waals surface area contributed by atoms with Gasteiger partial charge in [-0.3, -0.25) is 9.10 Å². The van der Waals surface area contributed by atoms with Gasteiger partial charge in [0.25, 0.3) is 10.0 Å². The average molecular weight is 510 g/mol. The van der Waals surface area contributed by atoms with Crippen molar-refractivity contribution in [2.45, 2.75) is 36.6 Å². The predicted molar refractivity (Wildman–Crippen MR) is 118 cm³/mol. The highest BCUT2D eigenvalue weighted by Gasteiger charge is 2.40. The lowest BCUT2D eigenvalue weighted by molar-refractivity contribution is -0.120. The van der Waals surface area contributed by atoms with Crippen molar-refractivity contribution < 1.29 is 13.2 Å². The molecule has 1 N–H and O–H groups in total. The van der Waals surface area contributed by atoms with Crippen molar-refractivity contribution in [3.63, 3.8) is 0 Å². The molecule has 0 unspecified atom stereocenters. The highest BCUT2D eigenvalue weighted by atomic mass is 127. The topological polar surface area (TPSA) is 66.5 Å². The van der Waals surface area contributed by atoms with Crippen molar-refractivity contribution in [2.24, 2.45) is 11.8 Å². The molecule has 0 spiro atoms. The summed E-state index contributed by atoms with van der Waals surface area (Å²) in [7, 11) is -3.84. The number of carbonyl (C=O) groups is 1. The number of halogens is 1. The van der Waals surface area contributed by atoms with Gasteiger partial charge in [-0.05, 0) is 90.1 Å². The van der Waals surface area contributed by atoms with E-state index in [-0.39, 0.29) is 23.4 Å². The van der Waals surface area contributed by atoms with Crippen LogP contribution in [-0.4, -0.2) is 26.9 Å². The van der Waals surface area contributed by atoms with Gasteiger partial charge in [0.1, 0.15) is 6.54 Å². The maximum Gasteiger partial charge on any atom is 0.264 e. The minimum atomic E-state index is -3.84. The number of nitrogens with one attached hydrogen (secondary N) is 1. The average Bonchev–Trinajstić information content (AvgIpc) is 3.31. The third kappa shape index (κ3) is 4.05. The third-order valence-corrected chi connectivity index (χ3v) is 8.32. The molecular formula is C21H23IN2O3S. The van der Waals surface area contributed by atoms with Crippen LogP contribution in [0.4, 0.5) is 5.69 Å². The summed E-state index contributed by atoms with van der Waals surface area (Å²) < 4.78 is 28.7. The molecule has 2 fully saturated rings. The second-order valence-corrected chi connectivity index (χ2v) is 10.8. The summed E-state index contributed by atoms with van der Waals surface area (Å²) in [5.74, 6) is 1.03. The first-order valence-corrected chi connectivity index (χ1v) is 12.1. The standard InChI is InChI=1S/C21H23IN2O3S/c22-17-8-10-18(11-9-17)24(28(26,27)19-4-2-1-3-5-19)14-21(25)23-20-13-15-6-7-16(20)12-15/h1-5,8-11,15-16,20H,6-7,12-14H2,(H,23,25)/t15-,16-,20+/m0/s1. The van der Waals surface area contributed by atoms with Crippen LogP contribution in [0.1, 0.15) is 25.7 Å². The molecule has 2 aromatic carbocycles.